The monoisotopic (exact) mass is 253 g/mol. The van der Waals surface area contributed by atoms with Crippen molar-refractivity contribution in [3.63, 3.8) is 0 Å². The van der Waals surface area contributed by atoms with Crippen LogP contribution in [0, 0.1) is 0 Å². The Bertz CT molecular complexity index is 566. The quantitative estimate of drug-likeness (QED) is 0.762. The van der Waals surface area contributed by atoms with Crippen molar-refractivity contribution in [2.75, 3.05) is 0 Å². The highest BCUT2D eigenvalue weighted by atomic mass is 35.5. The Morgan fingerprint density at radius 1 is 1.44 bits per heavy atom. The third kappa shape index (κ3) is 1.91. The van der Waals surface area contributed by atoms with E-state index in [9.17, 15) is 4.79 Å². The van der Waals surface area contributed by atoms with E-state index in [0.29, 0.717) is 10.4 Å². The van der Waals surface area contributed by atoms with Crippen molar-refractivity contribution in [3.05, 3.63) is 40.7 Å². The number of hydrogen-bond donors (Lipinski definition) is 0. The Labute approximate surface area is 103 Å². The number of nitrogens with zero attached hydrogens (tertiary/aromatic N) is 1. The van der Waals surface area contributed by atoms with Gasteiger partial charge in [-0.2, -0.15) is 0 Å². The number of fused-ring (bicyclic) bond motifs is 1. The summed E-state index contributed by atoms with van der Waals surface area (Å²) in [6.45, 7) is 1.97. The number of rotatable bonds is 2. The maximum absolute atomic E-state index is 11.3. The minimum atomic E-state index is -0.576. The van der Waals surface area contributed by atoms with E-state index in [2.05, 4.69) is 4.98 Å². The molecule has 1 aromatic heterocycles. The van der Waals surface area contributed by atoms with Crippen LogP contribution in [-0.2, 0) is 6.42 Å². The summed E-state index contributed by atoms with van der Waals surface area (Å²) in [7, 11) is 0. The summed E-state index contributed by atoms with van der Waals surface area (Å²) in [5.41, 5.74) is 1.07. The SMILES string of the molecule is CCc1cc2cccc(Cl)c2c(C(=O)Cl)n1. The molecule has 16 heavy (non-hydrogen) atoms. The molecule has 0 saturated heterocycles. The van der Waals surface area contributed by atoms with Gasteiger partial charge in [-0.1, -0.05) is 30.7 Å². The lowest BCUT2D eigenvalue weighted by Gasteiger charge is -2.06. The molecule has 0 fully saturated rings. The van der Waals surface area contributed by atoms with Crippen LogP contribution >= 0.6 is 23.2 Å². The van der Waals surface area contributed by atoms with Crippen LogP contribution in [0.5, 0.6) is 0 Å². The van der Waals surface area contributed by atoms with Crippen LogP contribution in [0.1, 0.15) is 23.1 Å². The Morgan fingerprint density at radius 3 is 2.81 bits per heavy atom. The van der Waals surface area contributed by atoms with Crippen LogP contribution in [-0.4, -0.2) is 10.2 Å². The Morgan fingerprint density at radius 2 is 2.19 bits per heavy atom. The molecule has 2 nitrogen and oxygen atoms in total. The first kappa shape index (κ1) is 11.4. The van der Waals surface area contributed by atoms with Gasteiger partial charge in [0, 0.05) is 11.1 Å². The van der Waals surface area contributed by atoms with Crippen molar-refractivity contribution in [3.8, 4) is 0 Å². The second kappa shape index (κ2) is 4.40. The molecule has 0 unspecified atom stereocenters. The molecule has 1 heterocycles. The molecular weight excluding hydrogens is 245 g/mol. The highest BCUT2D eigenvalue weighted by Gasteiger charge is 2.13. The molecule has 0 radical (unpaired) electrons. The second-order valence-corrected chi connectivity index (χ2v) is 4.18. The van der Waals surface area contributed by atoms with Crippen LogP contribution in [0.4, 0.5) is 0 Å². The zero-order valence-corrected chi connectivity index (χ0v) is 10.1. The van der Waals surface area contributed by atoms with Crippen molar-refractivity contribution >= 4 is 39.2 Å². The van der Waals surface area contributed by atoms with Gasteiger partial charge >= 0.3 is 0 Å². The summed E-state index contributed by atoms with van der Waals surface area (Å²) in [6, 6.07) is 7.38. The number of carbonyl (C=O) groups is 1. The standard InChI is InChI=1S/C12H9Cl2NO/c1-2-8-6-7-4-3-5-9(13)10(7)11(15-8)12(14)16/h3-6H,2H2,1H3. The lowest BCUT2D eigenvalue weighted by atomic mass is 10.1. The van der Waals surface area contributed by atoms with E-state index in [1.54, 1.807) is 6.07 Å². The maximum Gasteiger partial charge on any atom is 0.271 e. The molecule has 0 atom stereocenters. The van der Waals surface area contributed by atoms with E-state index in [1.807, 2.05) is 25.1 Å². The molecule has 0 aliphatic carbocycles. The number of pyridine rings is 1. The lowest BCUT2D eigenvalue weighted by Crippen LogP contribution is -2.00. The Hall–Kier alpha value is -1.12. The number of halogens is 2. The fourth-order valence-electron chi connectivity index (χ4n) is 1.65. The summed E-state index contributed by atoms with van der Waals surface area (Å²) in [6.07, 6.45) is 0.750. The number of hydrogen-bond acceptors (Lipinski definition) is 2. The molecule has 0 aliphatic heterocycles. The summed E-state index contributed by atoms with van der Waals surface area (Å²) in [5.74, 6) is 0. The highest BCUT2D eigenvalue weighted by molar-refractivity contribution is 6.68. The van der Waals surface area contributed by atoms with Crippen molar-refractivity contribution in [2.24, 2.45) is 0 Å². The van der Waals surface area contributed by atoms with Gasteiger partial charge in [0.1, 0.15) is 5.69 Å². The fourth-order valence-corrected chi connectivity index (χ4v) is 2.05. The van der Waals surface area contributed by atoms with Crippen LogP contribution in [0.15, 0.2) is 24.3 Å². The van der Waals surface area contributed by atoms with Gasteiger partial charge in [0.25, 0.3) is 5.24 Å². The lowest BCUT2D eigenvalue weighted by molar-refractivity contribution is 0.107. The molecule has 0 saturated carbocycles. The smallest absolute Gasteiger partial charge is 0.271 e. The zero-order valence-electron chi connectivity index (χ0n) is 8.63. The number of aryl methyl sites for hydroxylation is 1. The van der Waals surface area contributed by atoms with Crippen molar-refractivity contribution in [1.29, 1.82) is 0 Å². The molecular formula is C12H9Cl2NO. The van der Waals surface area contributed by atoms with Gasteiger partial charge in [0.15, 0.2) is 0 Å². The van der Waals surface area contributed by atoms with Gasteiger partial charge in [0.05, 0.1) is 5.02 Å². The van der Waals surface area contributed by atoms with E-state index in [4.69, 9.17) is 23.2 Å². The van der Waals surface area contributed by atoms with Crippen molar-refractivity contribution in [1.82, 2.24) is 4.98 Å². The van der Waals surface area contributed by atoms with Gasteiger partial charge in [-0.05, 0) is 35.5 Å². The zero-order chi connectivity index (χ0) is 11.7. The van der Waals surface area contributed by atoms with Crippen LogP contribution in [0.25, 0.3) is 10.8 Å². The average molecular weight is 254 g/mol. The van der Waals surface area contributed by atoms with Crippen molar-refractivity contribution < 1.29 is 4.79 Å². The highest BCUT2D eigenvalue weighted by Crippen LogP contribution is 2.27. The first-order chi connectivity index (χ1) is 7.63. The van der Waals surface area contributed by atoms with Gasteiger partial charge in [-0.15, -0.1) is 0 Å². The van der Waals surface area contributed by atoms with Crippen molar-refractivity contribution in [2.45, 2.75) is 13.3 Å². The molecule has 1 aromatic carbocycles. The second-order valence-electron chi connectivity index (χ2n) is 3.43. The van der Waals surface area contributed by atoms with E-state index in [1.165, 1.54) is 0 Å². The van der Waals surface area contributed by atoms with Gasteiger partial charge < -0.3 is 0 Å². The molecule has 2 aromatic rings. The third-order valence-electron chi connectivity index (χ3n) is 2.41. The minimum absolute atomic E-state index is 0.238. The Kier molecular flexibility index (Phi) is 3.13. The summed E-state index contributed by atoms with van der Waals surface area (Å²) < 4.78 is 0. The molecule has 0 N–H and O–H groups in total. The predicted octanol–water partition coefficient (Wildman–Crippen LogP) is 3.83. The Balaban J connectivity index is 2.88. The third-order valence-corrected chi connectivity index (χ3v) is 2.90. The van der Waals surface area contributed by atoms with Gasteiger partial charge in [0.2, 0.25) is 0 Å². The largest absolute Gasteiger partial charge is 0.274 e. The summed E-state index contributed by atoms with van der Waals surface area (Å²) >= 11 is 11.6. The van der Waals surface area contributed by atoms with E-state index >= 15 is 0 Å². The number of aromatic nitrogens is 1. The minimum Gasteiger partial charge on any atom is -0.274 e. The van der Waals surface area contributed by atoms with Gasteiger partial charge in [-0.25, -0.2) is 4.98 Å². The normalized spacial score (nSPS) is 10.7. The molecule has 0 spiro atoms. The molecule has 0 bridgehead atoms. The predicted molar refractivity (Wildman–Crippen MR) is 66.3 cm³/mol. The van der Waals surface area contributed by atoms with E-state index < -0.39 is 5.24 Å². The summed E-state index contributed by atoms with van der Waals surface area (Å²) in [5, 5.41) is 1.44. The molecule has 2 rings (SSSR count). The fraction of sp³-hybridized carbons (Fsp3) is 0.167. The summed E-state index contributed by atoms with van der Waals surface area (Å²) in [4.78, 5) is 15.5. The first-order valence-corrected chi connectivity index (χ1v) is 5.67. The van der Waals surface area contributed by atoms with Crippen LogP contribution < -0.4 is 0 Å². The molecule has 0 amide bonds. The maximum atomic E-state index is 11.3. The van der Waals surface area contributed by atoms with E-state index in [-0.39, 0.29) is 5.69 Å². The van der Waals surface area contributed by atoms with Crippen LogP contribution in [0.2, 0.25) is 5.02 Å². The first-order valence-electron chi connectivity index (χ1n) is 4.91. The number of benzene rings is 1. The topological polar surface area (TPSA) is 30.0 Å². The average Bonchev–Trinajstić information content (AvgIpc) is 2.27. The molecule has 4 heteroatoms. The number of carbonyl (C=O) groups excluding carboxylic acids is 1. The van der Waals surface area contributed by atoms with Crippen LogP contribution in [0.3, 0.4) is 0 Å². The molecule has 0 aliphatic rings. The molecule has 82 valence electrons. The van der Waals surface area contributed by atoms with E-state index in [0.717, 1.165) is 17.5 Å². The van der Waals surface area contributed by atoms with Gasteiger partial charge in [-0.3, -0.25) is 4.79 Å².